The molecule has 1 saturated carbocycles. The van der Waals surface area contributed by atoms with Crippen LogP contribution in [0, 0.1) is 25.7 Å². The SMILES string of the molecule is Cc1noc(C)c1CC(=O)NC[C@@H]1CN(CC2CCN(CC3CC3)CC2)C(=O)CO1. The third-order valence-corrected chi connectivity index (χ3v) is 6.66. The summed E-state index contributed by atoms with van der Waals surface area (Å²) >= 11 is 0. The molecule has 2 aliphatic heterocycles. The highest BCUT2D eigenvalue weighted by Gasteiger charge is 2.31. The lowest BCUT2D eigenvalue weighted by molar-refractivity contribution is -0.150. The molecule has 3 aliphatic rings. The van der Waals surface area contributed by atoms with Crippen molar-refractivity contribution in [2.45, 2.75) is 52.1 Å². The summed E-state index contributed by atoms with van der Waals surface area (Å²) in [5, 5.41) is 6.82. The second-order valence-electron chi connectivity index (χ2n) is 9.20. The van der Waals surface area contributed by atoms with E-state index in [-0.39, 0.29) is 30.9 Å². The second-order valence-corrected chi connectivity index (χ2v) is 9.20. The van der Waals surface area contributed by atoms with Gasteiger partial charge < -0.3 is 24.4 Å². The number of morpholine rings is 1. The van der Waals surface area contributed by atoms with Crippen LogP contribution in [0.2, 0.25) is 0 Å². The summed E-state index contributed by atoms with van der Waals surface area (Å²) in [6.45, 7) is 9.09. The highest BCUT2D eigenvalue weighted by Crippen LogP contribution is 2.31. The van der Waals surface area contributed by atoms with Crippen molar-refractivity contribution in [2.24, 2.45) is 11.8 Å². The minimum absolute atomic E-state index is 0.0636. The molecule has 0 spiro atoms. The lowest BCUT2D eigenvalue weighted by atomic mass is 9.95. The maximum absolute atomic E-state index is 12.3. The average Bonchev–Trinajstić information content (AvgIpc) is 3.50. The molecule has 0 bridgehead atoms. The summed E-state index contributed by atoms with van der Waals surface area (Å²) in [4.78, 5) is 29.2. The molecule has 4 rings (SSSR count). The van der Waals surface area contributed by atoms with Gasteiger partial charge in [-0.15, -0.1) is 0 Å². The Morgan fingerprint density at radius 2 is 1.87 bits per heavy atom. The number of hydrogen-bond donors (Lipinski definition) is 1. The Labute approximate surface area is 178 Å². The third-order valence-electron chi connectivity index (χ3n) is 6.66. The van der Waals surface area contributed by atoms with Gasteiger partial charge in [0.25, 0.3) is 0 Å². The molecule has 1 aromatic heterocycles. The van der Waals surface area contributed by atoms with Gasteiger partial charge >= 0.3 is 0 Å². The van der Waals surface area contributed by atoms with Gasteiger partial charge in [-0.05, 0) is 64.5 Å². The minimum atomic E-state index is -0.161. The van der Waals surface area contributed by atoms with Crippen molar-refractivity contribution in [2.75, 3.05) is 45.9 Å². The minimum Gasteiger partial charge on any atom is -0.365 e. The van der Waals surface area contributed by atoms with E-state index >= 15 is 0 Å². The van der Waals surface area contributed by atoms with Gasteiger partial charge in [0.2, 0.25) is 11.8 Å². The van der Waals surface area contributed by atoms with Gasteiger partial charge in [-0.1, -0.05) is 5.16 Å². The maximum atomic E-state index is 12.3. The van der Waals surface area contributed by atoms with Crippen LogP contribution in [0.4, 0.5) is 0 Å². The number of aromatic nitrogens is 1. The number of nitrogens with zero attached hydrogens (tertiary/aromatic N) is 3. The summed E-state index contributed by atoms with van der Waals surface area (Å²) < 4.78 is 10.8. The number of amides is 2. The number of aryl methyl sites for hydroxylation is 2. The van der Waals surface area contributed by atoms with Gasteiger partial charge in [0.05, 0.1) is 18.2 Å². The van der Waals surface area contributed by atoms with E-state index in [0.29, 0.717) is 24.8 Å². The van der Waals surface area contributed by atoms with E-state index in [1.54, 1.807) is 0 Å². The fraction of sp³-hybridized carbons (Fsp3) is 0.773. The number of likely N-dealkylation sites (tertiary alicyclic amines) is 1. The van der Waals surface area contributed by atoms with Crippen LogP contribution in [0.1, 0.15) is 42.7 Å². The lowest BCUT2D eigenvalue weighted by Gasteiger charge is -2.38. The number of ether oxygens (including phenoxy) is 1. The molecule has 1 aromatic rings. The summed E-state index contributed by atoms with van der Waals surface area (Å²) in [6, 6.07) is 0. The monoisotopic (exact) mass is 418 g/mol. The van der Waals surface area contributed by atoms with E-state index < -0.39 is 0 Å². The molecule has 8 nitrogen and oxygen atoms in total. The van der Waals surface area contributed by atoms with Crippen molar-refractivity contribution in [1.29, 1.82) is 0 Å². The Kier molecular flexibility index (Phi) is 6.73. The van der Waals surface area contributed by atoms with Crippen LogP contribution in [0.25, 0.3) is 0 Å². The molecule has 0 radical (unpaired) electrons. The van der Waals surface area contributed by atoms with Gasteiger partial charge in [-0.2, -0.15) is 0 Å². The third kappa shape index (κ3) is 5.60. The first-order chi connectivity index (χ1) is 14.5. The number of hydrogen-bond acceptors (Lipinski definition) is 6. The lowest BCUT2D eigenvalue weighted by Crippen LogP contribution is -2.52. The standard InChI is InChI=1S/C22H34N4O4/c1-15-20(16(2)30-24-15)9-21(27)23-10-19-13-26(22(28)14-29-19)12-18-5-7-25(8-6-18)11-17-3-4-17/h17-19H,3-14H2,1-2H3,(H,23,27)/t19-/m1/s1. The Morgan fingerprint density at radius 1 is 1.13 bits per heavy atom. The molecule has 1 atom stereocenters. The smallest absolute Gasteiger partial charge is 0.248 e. The molecule has 0 unspecified atom stereocenters. The Hall–Kier alpha value is -1.93. The number of carbonyl (C=O) groups is 2. The van der Waals surface area contributed by atoms with Crippen molar-refractivity contribution in [3.8, 4) is 0 Å². The number of rotatable bonds is 8. The maximum Gasteiger partial charge on any atom is 0.248 e. The van der Waals surface area contributed by atoms with Crippen molar-refractivity contribution in [3.05, 3.63) is 17.0 Å². The molecule has 1 aliphatic carbocycles. The Morgan fingerprint density at radius 3 is 2.53 bits per heavy atom. The van der Waals surface area contributed by atoms with Gasteiger partial charge in [0.15, 0.2) is 0 Å². The van der Waals surface area contributed by atoms with Crippen molar-refractivity contribution < 1.29 is 18.8 Å². The van der Waals surface area contributed by atoms with Gasteiger partial charge in [0, 0.05) is 31.7 Å². The van der Waals surface area contributed by atoms with E-state index in [0.717, 1.165) is 49.7 Å². The molecule has 166 valence electrons. The van der Waals surface area contributed by atoms with Crippen LogP contribution in [-0.2, 0) is 20.7 Å². The molecule has 0 aromatic carbocycles. The fourth-order valence-electron chi connectivity index (χ4n) is 4.51. The van der Waals surface area contributed by atoms with Crippen LogP contribution in [0.5, 0.6) is 0 Å². The molecule has 2 saturated heterocycles. The fourth-order valence-corrected chi connectivity index (χ4v) is 4.51. The summed E-state index contributed by atoms with van der Waals surface area (Å²) in [7, 11) is 0. The first-order valence-electron chi connectivity index (χ1n) is 11.3. The molecule has 3 fully saturated rings. The molecule has 1 N–H and O–H groups in total. The summed E-state index contributed by atoms with van der Waals surface area (Å²) in [6.07, 6.45) is 5.21. The molecular formula is C22H34N4O4. The largest absolute Gasteiger partial charge is 0.365 e. The first-order valence-corrected chi connectivity index (χ1v) is 11.3. The molecule has 30 heavy (non-hydrogen) atoms. The van der Waals surface area contributed by atoms with E-state index in [2.05, 4.69) is 15.4 Å². The number of nitrogens with one attached hydrogen (secondary N) is 1. The molecular weight excluding hydrogens is 384 g/mol. The van der Waals surface area contributed by atoms with Crippen LogP contribution in [0.15, 0.2) is 4.52 Å². The quantitative estimate of drug-likeness (QED) is 0.685. The molecule has 8 heteroatoms. The van der Waals surface area contributed by atoms with Crippen molar-refractivity contribution in [1.82, 2.24) is 20.3 Å². The predicted octanol–water partition coefficient (Wildman–Crippen LogP) is 1.30. The van der Waals surface area contributed by atoms with Crippen LogP contribution in [-0.4, -0.2) is 78.8 Å². The van der Waals surface area contributed by atoms with Crippen LogP contribution < -0.4 is 5.32 Å². The van der Waals surface area contributed by atoms with E-state index in [9.17, 15) is 9.59 Å². The summed E-state index contributed by atoms with van der Waals surface area (Å²) in [5.41, 5.74) is 1.58. The normalized spacial score (nSPS) is 23.7. The van der Waals surface area contributed by atoms with Crippen molar-refractivity contribution >= 4 is 11.8 Å². The van der Waals surface area contributed by atoms with Crippen LogP contribution in [0.3, 0.4) is 0 Å². The second kappa shape index (κ2) is 9.47. The van der Waals surface area contributed by atoms with Gasteiger partial charge in [-0.25, -0.2) is 0 Å². The Bertz CT molecular complexity index is 733. The van der Waals surface area contributed by atoms with E-state index in [4.69, 9.17) is 9.26 Å². The zero-order chi connectivity index (χ0) is 21.1. The van der Waals surface area contributed by atoms with Crippen molar-refractivity contribution in [3.63, 3.8) is 0 Å². The zero-order valence-corrected chi connectivity index (χ0v) is 18.2. The van der Waals surface area contributed by atoms with Crippen LogP contribution >= 0.6 is 0 Å². The zero-order valence-electron chi connectivity index (χ0n) is 18.2. The van der Waals surface area contributed by atoms with Gasteiger partial charge in [-0.3, -0.25) is 9.59 Å². The Balaban J connectivity index is 1.19. The summed E-state index contributed by atoms with van der Waals surface area (Å²) in [5.74, 6) is 2.16. The van der Waals surface area contributed by atoms with Gasteiger partial charge in [0.1, 0.15) is 12.4 Å². The number of carbonyl (C=O) groups excluding carboxylic acids is 2. The highest BCUT2D eigenvalue weighted by molar-refractivity contribution is 5.79. The van der Waals surface area contributed by atoms with E-state index in [1.807, 2.05) is 18.7 Å². The highest BCUT2D eigenvalue weighted by atomic mass is 16.5. The first kappa shape index (κ1) is 21.3. The molecule has 2 amide bonds. The number of piperidine rings is 1. The molecule has 3 heterocycles. The topological polar surface area (TPSA) is 87.9 Å². The average molecular weight is 419 g/mol. The van der Waals surface area contributed by atoms with E-state index in [1.165, 1.54) is 19.4 Å². The predicted molar refractivity (Wildman–Crippen MR) is 111 cm³/mol.